The molecule has 0 saturated heterocycles. The third-order valence-corrected chi connectivity index (χ3v) is 5.78. The number of carbonyl (C=O) groups is 1. The number of ether oxygens (including phenoxy) is 1. The fourth-order valence-electron chi connectivity index (χ4n) is 2.31. The number of aliphatic imine (C=N–C) groups is 1. The summed E-state index contributed by atoms with van der Waals surface area (Å²) in [6.07, 6.45) is 1.81. The van der Waals surface area contributed by atoms with E-state index in [1.165, 1.54) is 11.8 Å². The number of rotatable bonds is 5. The molecule has 1 aromatic carbocycles. The van der Waals surface area contributed by atoms with Gasteiger partial charge in [0.1, 0.15) is 11.4 Å². The van der Waals surface area contributed by atoms with Gasteiger partial charge in [-0.15, -0.1) is 11.3 Å². The molecule has 0 atom stereocenters. The number of nitrogens with zero attached hydrogens (tertiary/aromatic N) is 2. The minimum Gasteiger partial charge on any atom is -0.495 e. The molecule has 7 heteroatoms. The van der Waals surface area contributed by atoms with Gasteiger partial charge in [0.25, 0.3) is 5.91 Å². The van der Waals surface area contributed by atoms with Gasteiger partial charge in [0, 0.05) is 10.6 Å². The zero-order valence-electron chi connectivity index (χ0n) is 14.4. The monoisotopic (exact) mass is 404 g/mol. The van der Waals surface area contributed by atoms with Crippen molar-refractivity contribution in [1.82, 2.24) is 0 Å². The van der Waals surface area contributed by atoms with Gasteiger partial charge in [0.15, 0.2) is 5.17 Å². The van der Waals surface area contributed by atoms with Crippen LogP contribution in [-0.4, -0.2) is 23.9 Å². The average Bonchev–Trinajstić information content (AvgIpc) is 3.22. The van der Waals surface area contributed by atoms with Crippen LogP contribution in [0.3, 0.4) is 0 Å². The van der Waals surface area contributed by atoms with E-state index in [0.29, 0.717) is 33.1 Å². The number of methoxy groups -OCH3 is 1. The molecular weight excluding hydrogens is 388 g/mol. The molecule has 4 nitrogen and oxygen atoms in total. The Hall–Kier alpha value is -2.02. The summed E-state index contributed by atoms with van der Waals surface area (Å²) in [6, 6.07) is 9.15. The van der Waals surface area contributed by atoms with E-state index < -0.39 is 0 Å². The number of amides is 1. The quantitative estimate of drug-likeness (QED) is 0.490. The lowest BCUT2D eigenvalue weighted by Crippen LogP contribution is -2.30. The topological polar surface area (TPSA) is 41.9 Å². The summed E-state index contributed by atoms with van der Waals surface area (Å²) in [5.41, 5.74) is 2.07. The highest BCUT2D eigenvalue weighted by Gasteiger charge is 2.32. The van der Waals surface area contributed by atoms with Crippen LogP contribution in [0.2, 0.25) is 5.02 Å². The van der Waals surface area contributed by atoms with Crippen molar-refractivity contribution in [2.75, 3.05) is 17.8 Å². The number of thioether (sulfide) groups is 1. The van der Waals surface area contributed by atoms with Gasteiger partial charge in [-0.3, -0.25) is 9.69 Å². The molecule has 2 heterocycles. The van der Waals surface area contributed by atoms with Gasteiger partial charge in [-0.1, -0.05) is 41.6 Å². The third-order valence-electron chi connectivity index (χ3n) is 3.49. The molecule has 0 unspecified atom stereocenters. The number of carbonyl (C=O) groups excluding carboxylic acids is 1. The Morgan fingerprint density at radius 1 is 1.46 bits per heavy atom. The molecule has 0 saturated carbocycles. The normalized spacial score (nSPS) is 15.5. The van der Waals surface area contributed by atoms with Crippen LogP contribution in [0.1, 0.15) is 11.8 Å². The van der Waals surface area contributed by atoms with E-state index in [0.717, 1.165) is 10.5 Å². The first-order chi connectivity index (χ1) is 12.5. The lowest BCUT2D eigenvalue weighted by molar-refractivity contribution is -0.113. The summed E-state index contributed by atoms with van der Waals surface area (Å²) in [4.78, 5) is 20.1. The van der Waals surface area contributed by atoms with Gasteiger partial charge in [0.05, 0.1) is 17.8 Å². The molecule has 134 valence electrons. The first-order valence-electron chi connectivity index (χ1n) is 7.78. The molecule has 3 rings (SSSR count). The molecule has 0 N–H and O–H groups in total. The van der Waals surface area contributed by atoms with E-state index in [1.54, 1.807) is 47.6 Å². The predicted molar refractivity (Wildman–Crippen MR) is 112 cm³/mol. The van der Waals surface area contributed by atoms with Crippen molar-refractivity contribution in [1.29, 1.82) is 0 Å². The maximum Gasteiger partial charge on any atom is 0.283 e. The zero-order valence-corrected chi connectivity index (χ0v) is 16.7. The van der Waals surface area contributed by atoms with Gasteiger partial charge in [-0.25, -0.2) is 4.99 Å². The van der Waals surface area contributed by atoms with Crippen molar-refractivity contribution in [2.24, 2.45) is 4.99 Å². The molecule has 1 aromatic heterocycles. The second kappa shape index (κ2) is 8.12. The number of amidine groups is 1. The molecule has 2 aromatic rings. The van der Waals surface area contributed by atoms with Crippen LogP contribution in [0.4, 0.5) is 5.69 Å². The van der Waals surface area contributed by atoms with Crippen LogP contribution in [0, 0.1) is 0 Å². The van der Waals surface area contributed by atoms with E-state index in [2.05, 4.69) is 11.6 Å². The summed E-state index contributed by atoms with van der Waals surface area (Å²) < 4.78 is 5.19. The Labute approximate surface area is 165 Å². The molecule has 0 spiro atoms. The Balaban J connectivity index is 1.98. The van der Waals surface area contributed by atoms with E-state index in [9.17, 15) is 4.79 Å². The summed E-state index contributed by atoms with van der Waals surface area (Å²) >= 11 is 9.28. The second-order valence-electron chi connectivity index (χ2n) is 5.64. The zero-order chi connectivity index (χ0) is 18.7. The van der Waals surface area contributed by atoms with Gasteiger partial charge < -0.3 is 4.74 Å². The van der Waals surface area contributed by atoms with Crippen LogP contribution in [0.5, 0.6) is 5.75 Å². The van der Waals surface area contributed by atoms with E-state index in [-0.39, 0.29) is 5.91 Å². The number of hydrogen-bond donors (Lipinski definition) is 0. The Morgan fingerprint density at radius 3 is 2.88 bits per heavy atom. The summed E-state index contributed by atoms with van der Waals surface area (Å²) in [7, 11) is 1.55. The van der Waals surface area contributed by atoms with Crippen molar-refractivity contribution in [3.8, 4) is 5.75 Å². The number of halogens is 1. The van der Waals surface area contributed by atoms with Gasteiger partial charge in [-0.2, -0.15) is 0 Å². The Bertz CT molecular complexity index is 904. The molecular formula is C19H17ClN2O2S2. The largest absolute Gasteiger partial charge is 0.495 e. The van der Waals surface area contributed by atoms with E-state index in [4.69, 9.17) is 16.3 Å². The fraction of sp³-hybridized carbons (Fsp3) is 0.158. The van der Waals surface area contributed by atoms with Crippen LogP contribution < -0.4 is 9.64 Å². The van der Waals surface area contributed by atoms with Crippen molar-refractivity contribution in [3.05, 3.63) is 63.5 Å². The number of thiophene rings is 1. The van der Waals surface area contributed by atoms with Crippen LogP contribution in [0.25, 0.3) is 6.08 Å². The Morgan fingerprint density at radius 2 is 2.27 bits per heavy atom. The summed E-state index contributed by atoms with van der Waals surface area (Å²) in [5.74, 6) is 1.06. The van der Waals surface area contributed by atoms with E-state index in [1.807, 2.05) is 24.4 Å². The highest BCUT2D eigenvalue weighted by Crippen LogP contribution is 2.34. The van der Waals surface area contributed by atoms with Gasteiger partial charge in [-0.05, 0) is 42.6 Å². The number of hydrogen-bond acceptors (Lipinski definition) is 5. The number of anilines is 1. The molecule has 1 aliphatic rings. The maximum atomic E-state index is 13.0. The van der Waals surface area contributed by atoms with Crippen molar-refractivity contribution in [3.63, 3.8) is 0 Å². The molecule has 0 aliphatic carbocycles. The van der Waals surface area contributed by atoms with E-state index >= 15 is 0 Å². The van der Waals surface area contributed by atoms with Crippen molar-refractivity contribution >= 4 is 57.5 Å². The lowest BCUT2D eigenvalue weighted by atomic mass is 10.2. The second-order valence-corrected chi connectivity index (χ2v) is 7.97. The summed E-state index contributed by atoms with van der Waals surface area (Å²) in [6.45, 7) is 5.87. The van der Waals surface area contributed by atoms with Crippen molar-refractivity contribution in [2.45, 2.75) is 6.92 Å². The minimum atomic E-state index is -0.177. The average molecular weight is 405 g/mol. The SMILES string of the molecule is C=C(C)CSC1=N/C(=C\c2cccs2)C(=O)N1c1ccc(OC)c(Cl)c1. The molecule has 1 aliphatic heterocycles. The fourth-order valence-corrected chi connectivity index (χ4v) is 4.07. The predicted octanol–water partition coefficient (Wildman–Crippen LogP) is 5.46. The summed E-state index contributed by atoms with van der Waals surface area (Å²) in [5, 5.41) is 3.02. The molecule has 1 amide bonds. The Kier molecular flexibility index (Phi) is 5.86. The highest BCUT2D eigenvalue weighted by atomic mass is 35.5. The van der Waals surface area contributed by atoms with Crippen LogP contribution in [0.15, 0.2) is 58.6 Å². The molecule has 26 heavy (non-hydrogen) atoms. The first kappa shape index (κ1) is 18.8. The van der Waals surface area contributed by atoms with Gasteiger partial charge in [0.2, 0.25) is 0 Å². The lowest BCUT2D eigenvalue weighted by Gasteiger charge is -2.18. The minimum absolute atomic E-state index is 0.177. The van der Waals surface area contributed by atoms with Crippen molar-refractivity contribution < 1.29 is 9.53 Å². The molecule has 0 fully saturated rings. The third kappa shape index (κ3) is 4.03. The molecule has 0 radical (unpaired) electrons. The van der Waals surface area contributed by atoms with Crippen LogP contribution in [-0.2, 0) is 4.79 Å². The first-order valence-corrected chi connectivity index (χ1v) is 10.0. The standard InChI is InChI=1S/C19H17ClN2O2S2/c1-12(2)11-26-19-21-16(10-14-5-4-8-25-14)18(23)22(19)13-6-7-17(24-3)15(20)9-13/h4-10H,1,11H2,2-3H3/b16-10-. The smallest absolute Gasteiger partial charge is 0.283 e. The molecule has 0 bridgehead atoms. The van der Waals surface area contributed by atoms with Crippen LogP contribution >= 0.6 is 34.7 Å². The number of benzene rings is 1. The maximum absolute atomic E-state index is 13.0. The highest BCUT2D eigenvalue weighted by molar-refractivity contribution is 8.14. The van der Waals surface area contributed by atoms with Gasteiger partial charge >= 0.3 is 0 Å².